The third-order valence-corrected chi connectivity index (χ3v) is 3.63. The maximum atomic E-state index is 12.0. The predicted molar refractivity (Wildman–Crippen MR) is 47.5 cm³/mol. The molecular weight excluding hydrogens is 233 g/mol. The standard InChI is InChI=1S/C8H13F3O3S/c1-6-4-2-3-5-7(6)14-15(12,13)8(9,10)11/h6-7H,2-5H2,1H3. The van der Waals surface area contributed by atoms with E-state index in [4.69, 9.17) is 0 Å². The first-order valence-electron chi connectivity index (χ1n) is 4.73. The van der Waals surface area contributed by atoms with Crippen molar-refractivity contribution in [1.29, 1.82) is 0 Å². The normalized spacial score (nSPS) is 29.1. The zero-order valence-electron chi connectivity index (χ0n) is 8.25. The van der Waals surface area contributed by atoms with Crippen molar-refractivity contribution in [2.24, 2.45) is 5.92 Å². The zero-order chi connectivity index (χ0) is 11.7. The molecule has 90 valence electrons. The van der Waals surface area contributed by atoms with Crippen LogP contribution in [0.15, 0.2) is 0 Å². The number of halogens is 3. The van der Waals surface area contributed by atoms with Crippen molar-refractivity contribution in [3.8, 4) is 0 Å². The highest BCUT2D eigenvalue weighted by molar-refractivity contribution is 7.87. The van der Waals surface area contributed by atoms with Gasteiger partial charge >= 0.3 is 15.6 Å². The lowest BCUT2D eigenvalue weighted by Crippen LogP contribution is -2.34. The molecule has 0 aromatic heterocycles. The molecule has 0 spiro atoms. The number of rotatable bonds is 2. The fourth-order valence-corrected chi connectivity index (χ4v) is 2.36. The highest BCUT2D eigenvalue weighted by Crippen LogP contribution is 2.32. The van der Waals surface area contributed by atoms with Gasteiger partial charge in [0.25, 0.3) is 0 Å². The van der Waals surface area contributed by atoms with E-state index in [9.17, 15) is 21.6 Å². The first-order chi connectivity index (χ1) is 6.74. The molecule has 0 aliphatic heterocycles. The van der Waals surface area contributed by atoms with E-state index in [2.05, 4.69) is 4.18 Å². The Morgan fingerprint density at radius 2 is 1.73 bits per heavy atom. The van der Waals surface area contributed by atoms with Gasteiger partial charge in [0.2, 0.25) is 0 Å². The van der Waals surface area contributed by atoms with Gasteiger partial charge < -0.3 is 0 Å². The second kappa shape index (κ2) is 4.29. The van der Waals surface area contributed by atoms with Crippen molar-refractivity contribution in [2.75, 3.05) is 0 Å². The summed E-state index contributed by atoms with van der Waals surface area (Å²) < 4.78 is 61.6. The van der Waals surface area contributed by atoms with E-state index in [0.29, 0.717) is 19.3 Å². The van der Waals surface area contributed by atoms with Gasteiger partial charge in [0, 0.05) is 0 Å². The van der Waals surface area contributed by atoms with Gasteiger partial charge in [-0.1, -0.05) is 19.8 Å². The molecule has 1 rings (SSSR count). The first-order valence-corrected chi connectivity index (χ1v) is 6.14. The van der Waals surface area contributed by atoms with E-state index < -0.39 is 21.7 Å². The van der Waals surface area contributed by atoms with E-state index in [1.165, 1.54) is 0 Å². The highest BCUT2D eigenvalue weighted by atomic mass is 32.2. The average Bonchev–Trinajstić information content (AvgIpc) is 2.06. The summed E-state index contributed by atoms with van der Waals surface area (Å²) in [5.74, 6) is -0.143. The molecule has 0 aromatic carbocycles. The molecule has 1 fully saturated rings. The third-order valence-electron chi connectivity index (χ3n) is 2.57. The number of hydrogen-bond acceptors (Lipinski definition) is 3. The zero-order valence-corrected chi connectivity index (χ0v) is 9.07. The van der Waals surface area contributed by atoms with Crippen LogP contribution in [0.3, 0.4) is 0 Å². The molecule has 7 heteroatoms. The molecule has 0 saturated heterocycles. The molecule has 0 aromatic rings. The van der Waals surface area contributed by atoms with Crippen LogP contribution in [0.5, 0.6) is 0 Å². The van der Waals surface area contributed by atoms with E-state index in [-0.39, 0.29) is 5.92 Å². The van der Waals surface area contributed by atoms with E-state index in [0.717, 1.165) is 6.42 Å². The summed E-state index contributed by atoms with van der Waals surface area (Å²) in [4.78, 5) is 0. The summed E-state index contributed by atoms with van der Waals surface area (Å²) in [6.45, 7) is 1.70. The lowest BCUT2D eigenvalue weighted by Gasteiger charge is -2.28. The molecule has 0 amide bonds. The molecule has 0 radical (unpaired) electrons. The van der Waals surface area contributed by atoms with Crippen molar-refractivity contribution in [1.82, 2.24) is 0 Å². The van der Waals surface area contributed by atoms with E-state index in [1.54, 1.807) is 6.92 Å². The van der Waals surface area contributed by atoms with Crippen LogP contribution in [-0.2, 0) is 14.3 Å². The van der Waals surface area contributed by atoms with Crippen LogP contribution in [0.4, 0.5) is 13.2 Å². The molecular formula is C8H13F3O3S. The van der Waals surface area contributed by atoms with E-state index in [1.807, 2.05) is 0 Å². The van der Waals surface area contributed by atoms with Crippen LogP contribution >= 0.6 is 0 Å². The Hall–Kier alpha value is -0.300. The van der Waals surface area contributed by atoms with Gasteiger partial charge in [-0.05, 0) is 18.8 Å². The monoisotopic (exact) mass is 246 g/mol. The maximum absolute atomic E-state index is 12.0. The molecule has 0 bridgehead atoms. The predicted octanol–water partition coefficient (Wildman–Crippen LogP) is 2.43. The van der Waals surface area contributed by atoms with Gasteiger partial charge in [0.05, 0.1) is 6.10 Å². The Morgan fingerprint density at radius 3 is 2.20 bits per heavy atom. The van der Waals surface area contributed by atoms with Crippen LogP contribution in [0.2, 0.25) is 0 Å². The Bertz CT molecular complexity index is 310. The molecule has 3 nitrogen and oxygen atoms in total. The number of hydrogen-bond donors (Lipinski definition) is 0. The average molecular weight is 246 g/mol. The van der Waals surface area contributed by atoms with Crippen molar-refractivity contribution < 1.29 is 25.8 Å². The van der Waals surface area contributed by atoms with Crippen LogP contribution in [0.1, 0.15) is 32.6 Å². The fraction of sp³-hybridized carbons (Fsp3) is 1.00. The van der Waals surface area contributed by atoms with Crippen LogP contribution in [0.25, 0.3) is 0 Å². The third kappa shape index (κ3) is 3.07. The minimum absolute atomic E-state index is 0.143. The first kappa shape index (κ1) is 12.8. The summed E-state index contributed by atoms with van der Waals surface area (Å²) in [6.07, 6.45) is 1.87. The fourth-order valence-electron chi connectivity index (χ4n) is 1.64. The van der Waals surface area contributed by atoms with Crippen molar-refractivity contribution >= 4 is 10.1 Å². The van der Waals surface area contributed by atoms with Gasteiger partial charge in [-0.15, -0.1) is 0 Å². The summed E-state index contributed by atoms with van der Waals surface area (Å²) in [5.41, 5.74) is -5.32. The quantitative estimate of drug-likeness (QED) is 0.555. The maximum Gasteiger partial charge on any atom is 0.523 e. The Balaban J connectivity index is 2.69. The molecule has 1 aliphatic rings. The Kier molecular flexibility index (Phi) is 3.65. The molecule has 0 heterocycles. The SMILES string of the molecule is CC1CCCCC1OS(=O)(=O)C(F)(F)F. The van der Waals surface area contributed by atoms with Gasteiger partial charge in [-0.3, -0.25) is 4.18 Å². The second-order valence-electron chi connectivity index (χ2n) is 3.80. The van der Waals surface area contributed by atoms with Gasteiger partial charge in [0.1, 0.15) is 0 Å². The molecule has 2 atom stereocenters. The molecule has 2 unspecified atom stereocenters. The van der Waals surface area contributed by atoms with Gasteiger partial charge in [-0.25, -0.2) is 0 Å². The topological polar surface area (TPSA) is 43.4 Å². The van der Waals surface area contributed by atoms with Crippen LogP contribution in [-0.4, -0.2) is 20.0 Å². The van der Waals surface area contributed by atoms with E-state index >= 15 is 0 Å². The van der Waals surface area contributed by atoms with Crippen molar-refractivity contribution in [3.63, 3.8) is 0 Å². The minimum Gasteiger partial charge on any atom is -0.260 e. The largest absolute Gasteiger partial charge is 0.523 e. The molecule has 15 heavy (non-hydrogen) atoms. The second-order valence-corrected chi connectivity index (χ2v) is 5.36. The number of alkyl halides is 3. The molecule has 1 saturated carbocycles. The molecule has 0 N–H and O–H groups in total. The van der Waals surface area contributed by atoms with Crippen molar-refractivity contribution in [3.05, 3.63) is 0 Å². The lowest BCUT2D eigenvalue weighted by atomic mass is 9.88. The summed E-state index contributed by atoms with van der Waals surface area (Å²) in [7, 11) is -5.43. The van der Waals surface area contributed by atoms with Gasteiger partial charge in [0.15, 0.2) is 0 Å². The highest BCUT2D eigenvalue weighted by Gasteiger charge is 2.49. The van der Waals surface area contributed by atoms with Gasteiger partial charge in [-0.2, -0.15) is 21.6 Å². The lowest BCUT2D eigenvalue weighted by molar-refractivity contribution is -0.0607. The Morgan fingerprint density at radius 1 is 1.20 bits per heavy atom. The minimum atomic E-state index is -5.43. The van der Waals surface area contributed by atoms with Crippen LogP contribution < -0.4 is 0 Å². The summed E-state index contributed by atoms with van der Waals surface area (Å²) >= 11 is 0. The van der Waals surface area contributed by atoms with Crippen LogP contribution in [0, 0.1) is 5.92 Å². The molecule has 1 aliphatic carbocycles. The summed E-state index contributed by atoms with van der Waals surface area (Å²) in [5, 5.41) is 0. The summed E-state index contributed by atoms with van der Waals surface area (Å²) in [6, 6.07) is 0. The van der Waals surface area contributed by atoms with Crippen molar-refractivity contribution in [2.45, 2.75) is 44.2 Å². The smallest absolute Gasteiger partial charge is 0.260 e. The Labute approximate surface area is 86.7 Å².